The van der Waals surface area contributed by atoms with Gasteiger partial charge < -0.3 is 15.2 Å². The van der Waals surface area contributed by atoms with Gasteiger partial charge in [-0.15, -0.1) is 0 Å². The molecular weight excluding hydrogens is 234 g/mol. The predicted molar refractivity (Wildman–Crippen MR) is 67.3 cm³/mol. The van der Waals surface area contributed by atoms with E-state index in [9.17, 15) is 9.59 Å². The topological polar surface area (TPSA) is 75.6 Å². The SMILES string of the molecule is CCC[C@H](NC(=O)CCC1CCCCO1)C(=O)O. The number of carbonyl (C=O) groups excluding carboxylic acids is 1. The van der Waals surface area contributed by atoms with Crippen LogP contribution in [0.25, 0.3) is 0 Å². The van der Waals surface area contributed by atoms with Crippen molar-refractivity contribution < 1.29 is 19.4 Å². The summed E-state index contributed by atoms with van der Waals surface area (Å²) in [6, 6.07) is -0.755. The molecule has 18 heavy (non-hydrogen) atoms. The molecule has 1 unspecified atom stereocenters. The first-order valence-electron chi connectivity index (χ1n) is 6.77. The van der Waals surface area contributed by atoms with Crippen LogP contribution in [0.4, 0.5) is 0 Å². The van der Waals surface area contributed by atoms with Crippen LogP contribution in [0.15, 0.2) is 0 Å². The average molecular weight is 257 g/mol. The van der Waals surface area contributed by atoms with E-state index < -0.39 is 12.0 Å². The molecule has 2 N–H and O–H groups in total. The molecular formula is C13H23NO4. The molecule has 0 aromatic rings. The van der Waals surface area contributed by atoms with Crippen molar-refractivity contribution in [2.45, 2.75) is 64.0 Å². The summed E-state index contributed by atoms with van der Waals surface area (Å²) in [5.74, 6) is -1.15. The van der Waals surface area contributed by atoms with Gasteiger partial charge in [-0.25, -0.2) is 4.79 Å². The first-order valence-corrected chi connectivity index (χ1v) is 6.77. The molecule has 0 bridgehead atoms. The lowest BCUT2D eigenvalue weighted by atomic mass is 10.0. The lowest BCUT2D eigenvalue weighted by molar-refractivity contribution is -0.142. The van der Waals surface area contributed by atoms with E-state index in [2.05, 4.69) is 5.32 Å². The maximum atomic E-state index is 11.6. The molecule has 1 aliphatic rings. The summed E-state index contributed by atoms with van der Waals surface area (Å²) in [6.07, 6.45) is 5.66. The van der Waals surface area contributed by atoms with Gasteiger partial charge in [-0.1, -0.05) is 13.3 Å². The number of amides is 1. The van der Waals surface area contributed by atoms with Crippen LogP contribution in [0.3, 0.4) is 0 Å². The minimum Gasteiger partial charge on any atom is -0.480 e. The van der Waals surface area contributed by atoms with Gasteiger partial charge in [-0.05, 0) is 32.1 Å². The molecule has 1 heterocycles. The maximum absolute atomic E-state index is 11.6. The van der Waals surface area contributed by atoms with E-state index in [1.807, 2.05) is 6.92 Å². The Kier molecular flexibility index (Phi) is 6.72. The summed E-state index contributed by atoms with van der Waals surface area (Å²) < 4.78 is 5.53. The third-order valence-corrected chi connectivity index (χ3v) is 3.18. The Morgan fingerprint density at radius 2 is 2.22 bits per heavy atom. The fourth-order valence-corrected chi connectivity index (χ4v) is 2.14. The molecule has 0 aromatic heterocycles. The second-order valence-corrected chi connectivity index (χ2v) is 4.77. The molecule has 5 heteroatoms. The number of ether oxygens (including phenoxy) is 1. The fraction of sp³-hybridized carbons (Fsp3) is 0.846. The number of carboxylic acids is 1. The van der Waals surface area contributed by atoms with Crippen molar-refractivity contribution in [2.24, 2.45) is 0 Å². The van der Waals surface area contributed by atoms with E-state index in [-0.39, 0.29) is 12.0 Å². The van der Waals surface area contributed by atoms with Crippen LogP contribution < -0.4 is 5.32 Å². The normalized spacial score (nSPS) is 21.3. The molecule has 0 spiro atoms. The minimum atomic E-state index is -0.959. The Morgan fingerprint density at radius 3 is 2.78 bits per heavy atom. The summed E-state index contributed by atoms with van der Waals surface area (Å²) in [5.41, 5.74) is 0. The van der Waals surface area contributed by atoms with Crippen LogP contribution in [0.1, 0.15) is 51.9 Å². The van der Waals surface area contributed by atoms with E-state index >= 15 is 0 Å². The minimum absolute atomic E-state index is 0.166. The summed E-state index contributed by atoms with van der Waals surface area (Å²) in [7, 11) is 0. The first-order chi connectivity index (χ1) is 8.63. The molecule has 0 saturated carbocycles. The summed E-state index contributed by atoms with van der Waals surface area (Å²) in [5, 5.41) is 11.5. The highest BCUT2D eigenvalue weighted by Crippen LogP contribution is 2.16. The third kappa shape index (κ3) is 5.49. The molecule has 5 nitrogen and oxygen atoms in total. The van der Waals surface area contributed by atoms with Crippen LogP contribution in [0.2, 0.25) is 0 Å². The van der Waals surface area contributed by atoms with Crippen LogP contribution in [0, 0.1) is 0 Å². The zero-order valence-electron chi connectivity index (χ0n) is 11.0. The van der Waals surface area contributed by atoms with E-state index in [4.69, 9.17) is 9.84 Å². The average Bonchev–Trinajstić information content (AvgIpc) is 2.37. The molecule has 1 aliphatic heterocycles. The highest BCUT2D eigenvalue weighted by molar-refractivity contribution is 5.83. The lowest BCUT2D eigenvalue weighted by Crippen LogP contribution is -2.40. The van der Waals surface area contributed by atoms with E-state index in [1.165, 1.54) is 0 Å². The Hall–Kier alpha value is -1.10. The number of carbonyl (C=O) groups is 2. The summed E-state index contributed by atoms with van der Waals surface area (Å²) in [4.78, 5) is 22.5. The van der Waals surface area contributed by atoms with Crippen LogP contribution in [0.5, 0.6) is 0 Å². The zero-order chi connectivity index (χ0) is 13.4. The fourth-order valence-electron chi connectivity index (χ4n) is 2.14. The molecule has 1 fully saturated rings. The van der Waals surface area contributed by atoms with Crippen molar-refractivity contribution in [1.82, 2.24) is 5.32 Å². The zero-order valence-corrected chi connectivity index (χ0v) is 11.0. The maximum Gasteiger partial charge on any atom is 0.326 e. The number of nitrogens with one attached hydrogen (secondary N) is 1. The Bertz CT molecular complexity index is 274. The van der Waals surface area contributed by atoms with Gasteiger partial charge in [0.05, 0.1) is 6.10 Å². The van der Waals surface area contributed by atoms with Crippen LogP contribution in [-0.4, -0.2) is 35.7 Å². The third-order valence-electron chi connectivity index (χ3n) is 3.18. The summed E-state index contributed by atoms with van der Waals surface area (Å²) >= 11 is 0. The molecule has 1 saturated heterocycles. The highest BCUT2D eigenvalue weighted by atomic mass is 16.5. The van der Waals surface area contributed by atoms with Crippen molar-refractivity contribution in [1.29, 1.82) is 0 Å². The first kappa shape index (κ1) is 15.0. The summed E-state index contributed by atoms with van der Waals surface area (Å²) in [6.45, 7) is 2.68. The molecule has 1 rings (SSSR count). The van der Waals surface area contributed by atoms with Gasteiger partial charge in [-0.2, -0.15) is 0 Å². The molecule has 2 atom stereocenters. The Morgan fingerprint density at radius 1 is 1.44 bits per heavy atom. The second kappa shape index (κ2) is 8.08. The molecule has 1 amide bonds. The van der Waals surface area contributed by atoms with Crippen molar-refractivity contribution >= 4 is 11.9 Å². The number of hydrogen-bond acceptors (Lipinski definition) is 3. The highest BCUT2D eigenvalue weighted by Gasteiger charge is 2.20. The number of carboxylic acid groups (broad SMARTS) is 1. The van der Waals surface area contributed by atoms with E-state index in [0.29, 0.717) is 19.3 Å². The van der Waals surface area contributed by atoms with Gasteiger partial charge in [0.1, 0.15) is 6.04 Å². The van der Waals surface area contributed by atoms with Gasteiger partial charge in [-0.3, -0.25) is 4.79 Å². The van der Waals surface area contributed by atoms with Gasteiger partial charge in [0.15, 0.2) is 0 Å². The molecule has 0 aromatic carbocycles. The van der Waals surface area contributed by atoms with Gasteiger partial charge in [0.2, 0.25) is 5.91 Å². The van der Waals surface area contributed by atoms with Crippen molar-refractivity contribution in [2.75, 3.05) is 6.61 Å². The van der Waals surface area contributed by atoms with Crippen LogP contribution >= 0.6 is 0 Å². The monoisotopic (exact) mass is 257 g/mol. The van der Waals surface area contributed by atoms with Gasteiger partial charge in [0, 0.05) is 13.0 Å². The second-order valence-electron chi connectivity index (χ2n) is 4.77. The number of hydrogen-bond donors (Lipinski definition) is 2. The Labute approximate surface area is 108 Å². The Balaban J connectivity index is 2.24. The van der Waals surface area contributed by atoms with Crippen molar-refractivity contribution in [3.05, 3.63) is 0 Å². The number of aliphatic carboxylic acids is 1. The standard InChI is InChI=1S/C13H23NO4/c1-2-5-11(13(16)17)14-12(15)8-7-10-6-3-4-9-18-10/h10-11H,2-9H2,1H3,(H,14,15)(H,16,17)/t10?,11-/m0/s1. The predicted octanol–water partition coefficient (Wildman–Crippen LogP) is 1.71. The molecule has 0 radical (unpaired) electrons. The molecule has 0 aliphatic carbocycles. The van der Waals surface area contributed by atoms with Crippen molar-refractivity contribution in [3.8, 4) is 0 Å². The van der Waals surface area contributed by atoms with Crippen LogP contribution in [-0.2, 0) is 14.3 Å². The van der Waals surface area contributed by atoms with Gasteiger partial charge >= 0.3 is 5.97 Å². The quantitative estimate of drug-likeness (QED) is 0.728. The van der Waals surface area contributed by atoms with Crippen molar-refractivity contribution in [3.63, 3.8) is 0 Å². The van der Waals surface area contributed by atoms with Gasteiger partial charge in [0.25, 0.3) is 0 Å². The lowest BCUT2D eigenvalue weighted by Gasteiger charge is -2.22. The number of rotatable bonds is 7. The van der Waals surface area contributed by atoms with E-state index in [1.54, 1.807) is 0 Å². The largest absolute Gasteiger partial charge is 0.480 e. The smallest absolute Gasteiger partial charge is 0.326 e. The van der Waals surface area contributed by atoms with E-state index in [0.717, 1.165) is 32.3 Å². The molecule has 104 valence electrons.